The summed E-state index contributed by atoms with van der Waals surface area (Å²) in [5, 5.41) is 0.644. The van der Waals surface area contributed by atoms with Crippen LogP contribution in [0.25, 0.3) is 11.8 Å². The predicted molar refractivity (Wildman–Crippen MR) is 133 cm³/mol. The molecule has 162 valence electrons. The molecular formula is C26H21BrClNO3. The highest BCUT2D eigenvalue weighted by Gasteiger charge is 2.30. The maximum atomic E-state index is 13.5. The lowest BCUT2D eigenvalue weighted by molar-refractivity contribution is -0.113. The maximum Gasteiger partial charge on any atom is 0.262 e. The Morgan fingerprint density at radius 3 is 2.31 bits per heavy atom. The molecule has 0 spiro atoms. The van der Waals surface area contributed by atoms with Crippen molar-refractivity contribution in [1.29, 1.82) is 0 Å². The zero-order chi connectivity index (χ0) is 22.8. The average molecular weight is 511 g/mol. The van der Waals surface area contributed by atoms with Gasteiger partial charge in [0.1, 0.15) is 0 Å². The largest absolute Gasteiger partial charge is 0.493 e. The molecule has 0 bridgehead atoms. The Morgan fingerprint density at radius 1 is 0.938 bits per heavy atom. The summed E-state index contributed by atoms with van der Waals surface area (Å²) in [5.74, 6) is 1.14. The van der Waals surface area contributed by atoms with Crippen molar-refractivity contribution in [2.75, 3.05) is 19.1 Å². The molecule has 0 aromatic heterocycles. The summed E-state index contributed by atoms with van der Waals surface area (Å²) >= 11 is 9.63. The molecule has 3 aromatic rings. The lowest BCUT2D eigenvalue weighted by Crippen LogP contribution is -2.25. The van der Waals surface area contributed by atoms with Gasteiger partial charge in [-0.05, 0) is 78.2 Å². The van der Waals surface area contributed by atoms with Crippen LogP contribution in [-0.2, 0) is 4.79 Å². The van der Waals surface area contributed by atoms with Crippen LogP contribution >= 0.6 is 27.5 Å². The number of hydrogen-bond acceptors (Lipinski definition) is 3. The number of carbonyl (C=O) groups excluding carboxylic acids is 1. The van der Waals surface area contributed by atoms with Gasteiger partial charge >= 0.3 is 0 Å². The fourth-order valence-corrected chi connectivity index (χ4v) is 3.97. The molecular weight excluding hydrogens is 490 g/mol. The van der Waals surface area contributed by atoms with Gasteiger partial charge < -0.3 is 9.47 Å². The molecule has 1 amide bonds. The molecule has 0 N–H and O–H groups in total. The van der Waals surface area contributed by atoms with Crippen molar-refractivity contribution in [1.82, 2.24) is 0 Å². The van der Waals surface area contributed by atoms with Crippen molar-refractivity contribution in [3.63, 3.8) is 0 Å². The van der Waals surface area contributed by atoms with Crippen LogP contribution in [0.2, 0.25) is 5.02 Å². The summed E-state index contributed by atoms with van der Waals surface area (Å²) < 4.78 is 11.7. The normalized spacial score (nSPS) is 14.7. The first-order valence-corrected chi connectivity index (χ1v) is 11.1. The van der Waals surface area contributed by atoms with Crippen LogP contribution in [0.5, 0.6) is 11.5 Å². The summed E-state index contributed by atoms with van der Waals surface area (Å²) in [6.07, 6.45) is 3.76. The maximum absolute atomic E-state index is 13.5. The van der Waals surface area contributed by atoms with E-state index in [-0.39, 0.29) is 5.91 Å². The second kappa shape index (κ2) is 9.23. The van der Waals surface area contributed by atoms with Crippen molar-refractivity contribution in [2.45, 2.75) is 6.92 Å². The van der Waals surface area contributed by atoms with Crippen LogP contribution < -0.4 is 14.4 Å². The molecule has 0 saturated carbocycles. The first-order chi connectivity index (χ1) is 15.4. The molecule has 3 aromatic carbocycles. The zero-order valence-electron chi connectivity index (χ0n) is 17.9. The minimum absolute atomic E-state index is 0.105. The molecule has 0 fully saturated rings. The summed E-state index contributed by atoms with van der Waals surface area (Å²) in [7, 11) is 3.18. The Labute approximate surface area is 200 Å². The molecule has 32 heavy (non-hydrogen) atoms. The second-order valence-electron chi connectivity index (χ2n) is 7.32. The van der Waals surface area contributed by atoms with Gasteiger partial charge in [0.15, 0.2) is 11.5 Å². The minimum atomic E-state index is -0.105. The topological polar surface area (TPSA) is 38.8 Å². The summed E-state index contributed by atoms with van der Waals surface area (Å²) in [6, 6.07) is 18.9. The Hall–Kier alpha value is -3.02. The van der Waals surface area contributed by atoms with E-state index in [4.69, 9.17) is 21.1 Å². The molecule has 4 nitrogen and oxygen atoms in total. The molecule has 0 radical (unpaired) electrons. The lowest BCUT2D eigenvalue weighted by Gasteiger charge is -2.21. The number of nitrogens with zero attached hydrogens (tertiary/aromatic N) is 1. The van der Waals surface area contributed by atoms with Crippen molar-refractivity contribution >= 4 is 50.9 Å². The number of ether oxygens (including phenoxy) is 2. The third-order valence-corrected chi connectivity index (χ3v) is 6.39. The average Bonchev–Trinajstić information content (AvgIpc) is 3.12. The first kappa shape index (κ1) is 22.2. The van der Waals surface area contributed by atoms with Crippen molar-refractivity contribution in [3.8, 4) is 11.5 Å². The molecule has 1 aliphatic rings. The van der Waals surface area contributed by atoms with E-state index in [0.717, 1.165) is 32.5 Å². The fraction of sp³-hybridized carbons (Fsp3) is 0.115. The SMILES string of the molecule is COc1ccc(/C=C2\C=C(c3ccc(Cl)cc3)N(c3ccc(Br)c(C)c3)C2=O)cc1OC. The molecule has 0 aliphatic carbocycles. The number of halogens is 2. The van der Waals surface area contributed by atoms with E-state index in [1.807, 2.05) is 79.7 Å². The molecule has 1 aliphatic heterocycles. The van der Waals surface area contributed by atoms with Gasteiger partial charge in [0.2, 0.25) is 0 Å². The summed E-state index contributed by atoms with van der Waals surface area (Å²) in [5.41, 5.74) is 4.95. The third kappa shape index (κ3) is 4.31. The van der Waals surface area contributed by atoms with Crippen LogP contribution in [0.1, 0.15) is 16.7 Å². The van der Waals surface area contributed by atoms with E-state index in [2.05, 4.69) is 15.9 Å². The van der Waals surface area contributed by atoms with E-state index in [1.54, 1.807) is 19.1 Å². The predicted octanol–water partition coefficient (Wildman–Crippen LogP) is 6.90. The number of methoxy groups -OCH3 is 2. The highest BCUT2D eigenvalue weighted by molar-refractivity contribution is 9.10. The third-order valence-electron chi connectivity index (χ3n) is 5.25. The van der Waals surface area contributed by atoms with Crippen molar-refractivity contribution in [2.24, 2.45) is 0 Å². The Kier molecular flexibility index (Phi) is 6.40. The molecule has 0 saturated heterocycles. The van der Waals surface area contributed by atoms with Gasteiger partial charge in [-0.1, -0.05) is 45.7 Å². The number of aryl methyl sites for hydroxylation is 1. The molecule has 4 rings (SSSR count). The molecule has 6 heteroatoms. The highest BCUT2D eigenvalue weighted by Crippen LogP contribution is 2.37. The minimum Gasteiger partial charge on any atom is -0.493 e. The van der Waals surface area contributed by atoms with E-state index < -0.39 is 0 Å². The van der Waals surface area contributed by atoms with Crippen molar-refractivity contribution in [3.05, 3.63) is 98.5 Å². The second-order valence-corrected chi connectivity index (χ2v) is 8.62. The van der Waals surface area contributed by atoms with Gasteiger partial charge in [-0.15, -0.1) is 0 Å². The highest BCUT2D eigenvalue weighted by atomic mass is 79.9. The van der Waals surface area contributed by atoms with Crippen LogP contribution in [-0.4, -0.2) is 20.1 Å². The molecule has 0 atom stereocenters. The van der Waals surface area contributed by atoms with Gasteiger partial charge in [-0.25, -0.2) is 0 Å². The van der Waals surface area contributed by atoms with Crippen LogP contribution in [0.15, 0.2) is 76.8 Å². The van der Waals surface area contributed by atoms with Gasteiger partial charge in [-0.3, -0.25) is 9.69 Å². The number of rotatable bonds is 5. The zero-order valence-corrected chi connectivity index (χ0v) is 20.2. The lowest BCUT2D eigenvalue weighted by atomic mass is 10.1. The standard InChI is InChI=1S/C26H21BrClNO3/c1-16-12-21(9-10-22(16)27)29-23(18-5-7-20(28)8-6-18)15-19(26(29)30)13-17-4-11-24(31-2)25(14-17)32-3/h4-15H,1-3H3/b19-13+. The smallest absolute Gasteiger partial charge is 0.262 e. The van der Waals surface area contributed by atoms with Crippen LogP contribution in [0.3, 0.4) is 0 Å². The molecule has 0 unspecified atom stereocenters. The van der Waals surface area contributed by atoms with Gasteiger partial charge in [0.25, 0.3) is 5.91 Å². The number of hydrogen-bond donors (Lipinski definition) is 0. The van der Waals surface area contributed by atoms with Gasteiger partial charge in [0, 0.05) is 20.8 Å². The molecule has 1 heterocycles. The summed E-state index contributed by atoms with van der Waals surface area (Å²) in [4.78, 5) is 15.3. The van der Waals surface area contributed by atoms with Crippen LogP contribution in [0, 0.1) is 6.92 Å². The summed E-state index contributed by atoms with van der Waals surface area (Å²) in [6.45, 7) is 2.00. The first-order valence-electron chi connectivity index (χ1n) is 9.93. The number of benzene rings is 3. The fourth-order valence-electron chi connectivity index (χ4n) is 3.60. The van der Waals surface area contributed by atoms with Gasteiger partial charge in [0.05, 0.1) is 19.9 Å². The van der Waals surface area contributed by atoms with E-state index in [0.29, 0.717) is 22.1 Å². The number of anilines is 1. The van der Waals surface area contributed by atoms with Gasteiger partial charge in [-0.2, -0.15) is 0 Å². The van der Waals surface area contributed by atoms with E-state index in [9.17, 15) is 4.79 Å². The monoisotopic (exact) mass is 509 g/mol. The Morgan fingerprint density at radius 2 is 1.66 bits per heavy atom. The number of carbonyl (C=O) groups is 1. The van der Waals surface area contributed by atoms with Crippen LogP contribution in [0.4, 0.5) is 5.69 Å². The quantitative estimate of drug-likeness (QED) is 0.351. The Bertz CT molecular complexity index is 1250. The van der Waals surface area contributed by atoms with Crippen molar-refractivity contribution < 1.29 is 14.3 Å². The van der Waals surface area contributed by atoms with E-state index >= 15 is 0 Å². The van der Waals surface area contributed by atoms with E-state index in [1.165, 1.54) is 0 Å². The Balaban J connectivity index is 1.82. The number of amides is 1.